The van der Waals surface area contributed by atoms with Gasteiger partial charge >= 0.3 is 0 Å². The normalized spacial score (nSPS) is 12.5. The molecule has 1 rings (SSSR count). The first kappa shape index (κ1) is 15.3. The Labute approximate surface area is 116 Å². The van der Waals surface area contributed by atoms with Crippen LogP contribution in [0, 0.1) is 13.8 Å². The molecule has 0 amide bonds. The van der Waals surface area contributed by atoms with Crippen LogP contribution in [0.2, 0.25) is 5.02 Å². The van der Waals surface area contributed by atoms with Gasteiger partial charge in [0.2, 0.25) is 0 Å². The second-order valence-corrected chi connectivity index (χ2v) is 5.31. The van der Waals surface area contributed by atoms with Crippen molar-refractivity contribution >= 4 is 11.6 Å². The minimum absolute atomic E-state index is 0.713. The fraction of sp³-hybridized carbons (Fsp3) is 0.600. The van der Waals surface area contributed by atoms with E-state index in [0.29, 0.717) is 6.04 Å². The van der Waals surface area contributed by atoms with Crippen molar-refractivity contribution in [3.8, 4) is 5.75 Å². The maximum atomic E-state index is 6.06. The Morgan fingerprint density at radius 2 is 2.00 bits per heavy atom. The van der Waals surface area contributed by atoms with Crippen LogP contribution in [0.1, 0.15) is 37.8 Å². The molecule has 0 aliphatic heterocycles. The first-order chi connectivity index (χ1) is 8.56. The molecular formula is C15H25ClNO+. The molecule has 1 atom stereocenters. The highest BCUT2D eigenvalue weighted by Crippen LogP contribution is 2.27. The second-order valence-electron chi connectivity index (χ2n) is 4.91. The zero-order valence-corrected chi connectivity index (χ0v) is 12.7. The molecule has 0 radical (unpaired) electrons. The van der Waals surface area contributed by atoms with Gasteiger partial charge < -0.3 is 10.1 Å². The lowest BCUT2D eigenvalue weighted by Crippen LogP contribution is -2.89. The average molecular weight is 271 g/mol. The summed E-state index contributed by atoms with van der Waals surface area (Å²) >= 11 is 6.06. The van der Waals surface area contributed by atoms with Gasteiger partial charge in [0, 0.05) is 11.4 Å². The molecule has 1 aromatic rings. The zero-order valence-electron chi connectivity index (χ0n) is 11.9. The molecule has 0 aliphatic rings. The van der Waals surface area contributed by atoms with Crippen molar-refractivity contribution in [2.45, 2.75) is 46.6 Å². The Morgan fingerprint density at radius 3 is 2.67 bits per heavy atom. The van der Waals surface area contributed by atoms with Crippen LogP contribution in [0.25, 0.3) is 0 Å². The van der Waals surface area contributed by atoms with Crippen LogP contribution in [0.4, 0.5) is 0 Å². The van der Waals surface area contributed by atoms with Gasteiger partial charge in [0.25, 0.3) is 0 Å². The molecule has 0 fully saturated rings. The number of hydrogen-bond acceptors (Lipinski definition) is 1. The number of hydrogen-bond donors (Lipinski definition) is 1. The molecule has 0 spiro atoms. The van der Waals surface area contributed by atoms with Crippen LogP contribution < -0.4 is 10.1 Å². The number of nitrogens with two attached hydrogens (primary N) is 1. The van der Waals surface area contributed by atoms with Gasteiger partial charge in [-0.2, -0.15) is 0 Å². The molecule has 0 saturated heterocycles. The number of benzene rings is 1. The summed E-state index contributed by atoms with van der Waals surface area (Å²) in [7, 11) is 0. The van der Waals surface area contributed by atoms with E-state index in [4.69, 9.17) is 16.3 Å². The van der Waals surface area contributed by atoms with Crippen molar-refractivity contribution in [3.05, 3.63) is 28.3 Å². The highest BCUT2D eigenvalue weighted by atomic mass is 35.5. The largest absolute Gasteiger partial charge is 0.493 e. The van der Waals surface area contributed by atoms with Gasteiger partial charge in [0.15, 0.2) is 0 Å². The molecule has 2 N–H and O–H groups in total. The minimum Gasteiger partial charge on any atom is -0.493 e. The maximum absolute atomic E-state index is 6.06. The molecule has 2 nitrogen and oxygen atoms in total. The Morgan fingerprint density at radius 1 is 1.28 bits per heavy atom. The van der Waals surface area contributed by atoms with E-state index in [9.17, 15) is 0 Å². The summed E-state index contributed by atoms with van der Waals surface area (Å²) < 4.78 is 5.81. The van der Waals surface area contributed by atoms with Crippen molar-refractivity contribution in [2.24, 2.45) is 0 Å². The summed E-state index contributed by atoms with van der Waals surface area (Å²) in [5, 5.41) is 3.19. The van der Waals surface area contributed by atoms with Gasteiger partial charge in [-0.05, 0) is 50.5 Å². The van der Waals surface area contributed by atoms with Crippen LogP contribution >= 0.6 is 11.6 Å². The molecule has 0 aliphatic carbocycles. The van der Waals surface area contributed by atoms with Gasteiger partial charge in [-0.3, -0.25) is 0 Å². The predicted octanol–water partition coefficient (Wildman–Crippen LogP) is 3.09. The summed E-state index contributed by atoms with van der Waals surface area (Å²) in [4.78, 5) is 0. The summed E-state index contributed by atoms with van der Waals surface area (Å²) in [6.45, 7) is 10.5. The maximum Gasteiger partial charge on any atom is 0.122 e. The topological polar surface area (TPSA) is 25.8 Å². The van der Waals surface area contributed by atoms with Crippen LogP contribution in [0.5, 0.6) is 5.75 Å². The summed E-state index contributed by atoms with van der Waals surface area (Å²) in [6, 6.07) is 4.58. The molecule has 0 heterocycles. The van der Waals surface area contributed by atoms with Gasteiger partial charge in [-0.15, -0.1) is 0 Å². The Hall–Kier alpha value is -0.730. The van der Waals surface area contributed by atoms with Gasteiger partial charge in [-0.1, -0.05) is 18.5 Å². The number of ether oxygens (including phenoxy) is 1. The fourth-order valence-corrected chi connectivity index (χ4v) is 1.96. The number of quaternary nitrogens is 1. The van der Waals surface area contributed by atoms with E-state index in [-0.39, 0.29) is 0 Å². The second kappa shape index (κ2) is 7.65. The van der Waals surface area contributed by atoms with Crippen molar-refractivity contribution in [1.29, 1.82) is 0 Å². The lowest BCUT2D eigenvalue weighted by atomic mass is 10.1. The van der Waals surface area contributed by atoms with E-state index in [1.165, 1.54) is 6.42 Å². The molecule has 1 aromatic carbocycles. The van der Waals surface area contributed by atoms with Crippen LogP contribution in [-0.2, 0) is 0 Å². The lowest BCUT2D eigenvalue weighted by Gasteiger charge is -2.12. The highest BCUT2D eigenvalue weighted by Gasteiger charge is 2.06. The SMILES string of the molecule is CC[C@@H](C)[NH2+]CCCOc1ccc(Cl)c(C)c1C. The molecule has 0 unspecified atom stereocenters. The molecule has 3 heteroatoms. The van der Waals surface area contributed by atoms with Crippen LogP contribution in [0.3, 0.4) is 0 Å². The van der Waals surface area contributed by atoms with E-state index in [2.05, 4.69) is 26.1 Å². The quantitative estimate of drug-likeness (QED) is 0.757. The lowest BCUT2D eigenvalue weighted by molar-refractivity contribution is -0.686. The molecule has 0 aromatic heterocycles. The van der Waals surface area contributed by atoms with E-state index in [1.807, 2.05) is 19.1 Å². The number of halogens is 1. The molecule has 0 saturated carbocycles. The first-order valence-electron chi connectivity index (χ1n) is 6.78. The van der Waals surface area contributed by atoms with E-state index in [0.717, 1.165) is 41.5 Å². The Bertz CT molecular complexity index is 379. The Kier molecular flexibility index (Phi) is 6.51. The van der Waals surface area contributed by atoms with Crippen molar-refractivity contribution in [3.63, 3.8) is 0 Å². The van der Waals surface area contributed by atoms with Gasteiger partial charge in [0.05, 0.1) is 19.2 Å². The molecular weight excluding hydrogens is 246 g/mol. The third-order valence-electron chi connectivity index (χ3n) is 3.49. The standard InChI is InChI=1S/C15H24ClNO/c1-5-11(2)17-9-6-10-18-15-8-7-14(16)12(3)13(15)4/h7-8,11,17H,5-6,9-10H2,1-4H3/p+1/t11-/m1/s1. The number of rotatable bonds is 7. The molecule has 18 heavy (non-hydrogen) atoms. The van der Waals surface area contributed by atoms with E-state index in [1.54, 1.807) is 0 Å². The van der Waals surface area contributed by atoms with Crippen molar-refractivity contribution in [1.82, 2.24) is 0 Å². The van der Waals surface area contributed by atoms with E-state index >= 15 is 0 Å². The molecule has 102 valence electrons. The smallest absolute Gasteiger partial charge is 0.122 e. The zero-order chi connectivity index (χ0) is 13.5. The third-order valence-corrected chi connectivity index (χ3v) is 3.90. The summed E-state index contributed by atoms with van der Waals surface area (Å²) in [5.74, 6) is 0.959. The minimum atomic E-state index is 0.713. The highest BCUT2D eigenvalue weighted by molar-refractivity contribution is 6.31. The fourth-order valence-electron chi connectivity index (χ4n) is 1.75. The predicted molar refractivity (Wildman–Crippen MR) is 77.6 cm³/mol. The van der Waals surface area contributed by atoms with Crippen molar-refractivity contribution in [2.75, 3.05) is 13.2 Å². The van der Waals surface area contributed by atoms with E-state index < -0.39 is 0 Å². The van der Waals surface area contributed by atoms with Gasteiger partial charge in [0.1, 0.15) is 5.75 Å². The molecule has 0 bridgehead atoms. The van der Waals surface area contributed by atoms with Gasteiger partial charge in [-0.25, -0.2) is 0 Å². The van der Waals surface area contributed by atoms with Crippen molar-refractivity contribution < 1.29 is 10.1 Å². The summed E-state index contributed by atoms with van der Waals surface area (Å²) in [6.07, 6.45) is 2.29. The summed E-state index contributed by atoms with van der Waals surface area (Å²) in [5.41, 5.74) is 2.26. The van der Waals surface area contributed by atoms with Crippen LogP contribution in [-0.4, -0.2) is 19.2 Å². The first-order valence-corrected chi connectivity index (χ1v) is 7.15. The third kappa shape index (κ3) is 4.51. The Balaban J connectivity index is 2.34. The average Bonchev–Trinajstić information content (AvgIpc) is 2.37. The monoisotopic (exact) mass is 270 g/mol. The van der Waals surface area contributed by atoms with Crippen LogP contribution in [0.15, 0.2) is 12.1 Å².